The molecule has 0 bridgehead atoms. The van der Waals surface area contributed by atoms with Crippen LogP contribution in [0.3, 0.4) is 0 Å². The fourth-order valence-corrected chi connectivity index (χ4v) is 4.02. The number of likely N-dealkylation sites (tertiary alicyclic amines) is 1. The fourth-order valence-electron chi connectivity index (χ4n) is 4.02. The van der Waals surface area contributed by atoms with E-state index in [1.165, 1.54) is 0 Å². The molecule has 1 atom stereocenters. The van der Waals surface area contributed by atoms with Crippen LogP contribution < -0.4 is 19.7 Å². The number of nitrogens with zero attached hydrogens (tertiary/aromatic N) is 2. The number of anilines is 2. The molecule has 0 spiro atoms. The number of carbonyl (C=O) groups excluding carboxylic acids is 2. The number of nitrogens with one attached hydrogen (secondary N) is 1. The lowest BCUT2D eigenvalue weighted by Crippen LogP contribution is -2.51. The normalized spacial score (nSPS) is 18.9. The van der Waals surface area contributed by atoms with Gasteiger partial charge in [-0.1, -0.05) is 18.2 Å². The van der Waals surface area contributed by atoms with Crippen LogP contribution in [0.5, 0.6) is 11.5 Å². The highest BCUT2D eigenvalue weighted by Gasteiger charge is 2.33. The molecule has 158 valence electrons. The first-order chi connectivity index (χ1) is 14.5. The van der Waals surface area contributed by atoms with Crippen LogP contribution >= 0.6 is 0 Å². The number of para-hydroxylation sites is 2. The summed E-state index contributed by atoms with van der Waals surface area (Å²) in [5.74, 6) is 1.31. The molecule has 0 unspecified atom stereocenters. The summed E-state index contributed by atoms with van der Waals surface area (Å²) in [5, 5.41) is 2.96. The number of amides is 3. The van der Waals surface area contributed by atoms with E-state index in [0.29, 0.717) is 38.2 Å². The van der Waals surface area contributed by atoms with E-state index < -0.39 is 0 Å². The zero-order valence-corrected chi connectivity index (χ0v) is 17.3. The van der Waals surface area contributed by atoms with Crippen LogP contribution in [0.2, 0.25) is 0 Å². The minimum Gasteiger partial charge on any atom is -0.497 e. The van der Waals surface area contributed by atoms with Crippen molar-refractivity contribution in [1.82, 2.24) is 4.90 Å². The number of rotatable bonds is 3. The molecule has 3 amide bonds. The first-order valence-corrected chi connectivity index (χ1v) is 10.3. The summed E-state index contributed by atoms with van der Waals surface area (Å²) >= 11 is 0. The van der Waals surface area contributed by atoms with Crippen LogP contribution in [-0.2, 0) is 4.79 Å². The number of hydrogen-bond acceptors (Lipinski definition) is 4. The highest BCUT2D eigenvalue weighted by atomic mass is 16.5. The fraction of sp³-hybridized carbons (Fsp3) is 0.391. The summed E-state index contributed by atoms with van der Waals surface area (Å²) in [6.45, 7) is 3.60. The second-order valence-corrected chi connectivity index (χ2v) is 7.77. The van der Waals surface area contributed by atoms with Gasteiger partial charge in [-0.3, -0.25) is 9.69 Å². The van der Waals surface area contributed by atoms with E-state index in [0.717, 1.165) is 17.1 Å². The Hall–Kier alpha value is -3.22. The van der Waals surface area contributed by atoms with Gasteiger partial charge < -0.3 is 19.7 Å². The molecule has 7 heteroatoms. The van der Waals surface area contributed by atoms with E-state index in [1.54, 1.807) is 18.1 Å². The number of ether oxygens (including phenoxy) is 2. The first kappa shape index (κ1) is 20.1. The lowest BCUT2D eigenvalue weighted by molar-refractivity contribution is -0.121. The highest BCUT2D eigenvalue weighted by molar-refractivity contribution is 5.95. The van der Waals surface area contributed by atoms with Gasteiger partial charge in [0.05, 0.1) is 19.3 Å². The summed E-state index contributed by atoms with van der Waals surface area (Å²) in [6, 6.07) is 14.9. The van der Waals surface area contributed by atoms with Gasteiger partial charge in [-0.15, -0.1) is 0 Å². The van der Waals surface area contributed by atoms with Gasteiger partial charge in [0, 0.05) is 30.8 Å². The van der Waals surface area contributed by atoms with E-state index in [9.17, 15) is 9.59 Å². The molecule has 2 aliphatic rings. The van der Waals surface area contributed by atoms with Gasteiger partial charge in [0.15, 0.2) is 0 Å². The SMILES string of the molecule is COc1cccc(NC(=O)C2CCN(C(=O)N3C[C@@H](C)Oc4ccccc43)CC2)c1. The molecule has 0 radical (unpaired) electrons. The third-order valence-corrected chi connectivity index (χ3v) is 5.63. The molecule has 0 aromatic heterocycles. The minimum absolute atomic E-state index is 0.0132. The summed E-state index contributed by atoms with van der Waals surface area (Å²) < 4.78 is 11.1. The van der Waals surface area contributed by atoms with Crippen LogP contribution in [0.15, 0.2) is 48.5 Å². The van der Waals surface area contributed by atoms with Crippen molar-refractivity contribution in [1.29, 1.82) is 0 Å². The molecular formula is C23H27N3O4. The van der Waals surface area contributed by atoms with Gasteiger partial charge in [-0.25, -0.2) is 4.79 Å². The molecule has 2 aliphatic heterocycles. The first-order valence-electron chi connectivity index (χ1n) is 10.3. The Kier molecular flexibility index (Phi) is 5.79. The van der Waals surface area contributed by atoms with E-state index in [4.69, 9.17) is 9.47 Å². The molecule has 7 nitrogen and oxygen atoms in total. The average Bonchev–Trinajstić information content (AvgIpc) is 2.78. The highest BCUT2D eigenvalue weighted by Crippen LogP contribution is 2.34. The lowest BCUT2D eigenvalue weighted by Gasteiger charge is -2.39. The molecular weight excluding hydrogens is 382 g/mol. The van der Waals surface area contributed by atoms with Crippen molar-refractivity contribution in [3.05, 3.63) is 48.5 Å². The largest absolute Gasteiger partial charge is 0.497 e. The van der Waals surface area contributed by atoms with E-state index in [2.05, 4.69) is 5.32 Å². The predicted octanol–water partition coefficient (Wildman–Crippen LogP) is 3.75. The van der Waals surface area contributed by atoms with E-state index in [-0.39, 0.29) is 24.0 Å². The van der Waals surface area contributed by atoms with Crippen molar-refractivity contribution in [3.8, 4) is 11.5 Å². The number of benzene rings is 2. The molecule has 1 fully saturated rings. The van der Waals surface area contributed by atoms with Crippen molar-refractivity contribution >= 4 is 23.3 Å². The monoisotopic (exact) mass is 409 g/mol. The second kappa shape index (κ2) is 8.65. The molecule has 2 aromatic rings. The molecule has 4 rings (SSSR count). The van der Waals surface area contributed by atoms with E-state index >= 15 is 0 Å². The zero-order chi connectivity index (χ0) is 21.1. The molecule has 1 saturated heterocycles. The van der Waals surface area contributed by atoms with Crippen molar-refractivity contribution in [2.24, 2.45) is 5.92 Å². The van der Waals surface area contributed by atoms with E-state index in [1.807, 2.05) is 54.3 Å². The molecule has 2 heterocycles. The third kappa shape index (κ3) is 4.20. The Morgan fingerprint density at radius 2 is 1.87 bits per heavy atom. The predicted molar refractivity (Wildman–Crippen MR) is 115 cm³/mol. The molecule has 30 heavy (non-hydrogen) atoms. The number of carbonyl (C=O) groups is 2. The topological polar surface area (TPSA) is 71.1 Å². The molecule has 0 saturated carbocycles. The Morgan fingerprint density at radius 1 is 1.10 bits per heavy atom. The smallest absolute Gasteiger partial charge is 0.324 e. The zero-order valence-electron chi connectivity index (χ0n) is 17.3. The van der Waals surface area contributed by atoms with Crippen LogP contribution in [0, 0.1) is 5.92 Å². The third-order valence-electron chi connectivity index (χ3n) is 5.63. The van der Waals surface area contributed by atoms with Crippen molar-refractivity contribution in [2.45, 2.75) is 25.9 Å². The molecule has 1 N–H and O–H groups in total. The Balaban J connectivity index is 1.36. The summed E-state index contributed by atoms with van der Waals surface area (Å²) in [6.07, 6.45) is 1.22. The summed E-state index contributed by atoms with van der Waals surface area (Å²) in [4.78, 5) is 29.5. The summed E-state index contributed by atoms with van der Waals surface area (Å²) in [7, 11) is 1.60. The lowest BCUT2D eigenvalue weighted by atomic mass is 9.96. The Labute approximate surface area is 176 Å². The number of urea groups is 1. The quantitative estimate of drug-likeness (QED) is 0.838. The van der Waals surface area contributed by atoms with Crippen molar-refractivity contribution in [3.63, 3.8) is 0 Å². The maximum Gasteiger partial charge on any atom is 0.324 e. The van der Waals surface area contributed by atoms with Gasteiger partial charge in [0.25, 0.3) is 0 Å². The number of piperidine rings is 1. The second-order valence-electron chi connectivity index (χ2n) is 7.77. The van der Waals surface area contributed by atoms with Gasteiger partial charge in [0.1, 0.15) is 17.6 Å². The number of hydrogen-bond donors (Lipinski definition) is 1. The van der Waals surface area contributed by atoms with Gasteiger partial charge in [0.2, 0.25) is 5.91 Å². The maximum atomic E-state index is 13.2. The Morgan fingerprint density at radius 3 is 2.63 bits per heavy atom. The Bertz CT molecular complexity index is 924. The van der Waals surface area contributed by atoms with Crippen LogP contribution in [0.4, 0.5) is 16.2 Å². The van der Waals surface area contributed by atoms with Crippen LogP contribution in [-0.4, -0.2) is 49.7 Å². The van der Waals surface area contributed by atoms with Gasteiger partial charge in [-0.05, 0) is 44.0 Å². The summed E-state index contributed by atoms with van der Waals surface area (Å²) in [5.41, 5.74) is 1.52. The standard InChI is InChI=1S/C23H27N3O4/c1-16-15-26(20-8-3-4-9-21(20)30-16)23(28)25-12-10-17(11-13-25)22(27)24-18-6-5-7-19(14-18)29-2/h3-9,14,16-17H,10-13,15H2,1-2H3,(H,24,27)/t16-/m1/s1. The van der Waals surface area contributed by atoms with Crippen LogP contribution in [0.25, 0.3) is 0 Å². The average molecular weight is 409 g/mol. The molecule has 0 aliphatic carbocycles. The van der Waals surface area contributed by atoms with Gasteiger partial charge in [-0.2, -0.15) is 0 Å². The number of methoxy groups -OCH3 is 1. The van der Waals surface area contributed by atoms with Crippen LogP contribution in [0.1, 0.15) is 19.8 Å². The molecule has 2 aromatic carbocycles. The van der Waals surface area contributed by atoms with Gasteiger partial charge >= 0.3 is 6.03 Å². The maximum absolute atomic E-state index is 13.2. The van der Waals surface area contributed by atoms with Crippen molar-refractivity contribution < 1.29 is 19.1 Å². The minimum atomic E-state index is -0.115. The number of fused-ring (bicyclic) bond motifs is 1. The van der Waals surface area contributed by atoms with Crippen molar-refractivity contribution in [2.75, 3.05) is 37.0 Å².